The van der Waals surface area contributed by atoms with Crippen LogP contribution >= 0.6 is 0 Å². The van der Waals surface area contributed by atoms with E-state index < -0.39 is 0 Å². The minimum Gasteiger partial charge on any atom is -0.399 e. The Balaban J connectivity index is 1.94. The van der Waals surface area contributed by atoms with Gasteiger partial charge in [0, 0.05) is 24.5 Å². The number of rotatable bonds is 8. The first kappa shape index (κ1) is 15.9. The highest BCUT2D eigenvalue weighted by Crippen LogP contribution is 2.18. The molecule has 0 unspecified atom stereocenters. The number of aliphatic hydroxyl groups excluding tert-OH is 2. The van der Waals surface area contributed by atoms with Gasteiger partial charge in [0.1, 0.15) is 0 Å². The Bertz CT molecular complexity index is 551. The molecule has 0 bridgehead atoms. The van der Waals surface area contributed by atoms with Crippen molar-refractivity contribution in [3.63, 3.8) is 0 Å². The molecule has 0 heterocycles. The van der Waals surface area contributed by atoms with Gasteiger partial charge in [-0.3, -0.25) is 0 Å². The summed E-state index contributed by atoms with van der Waals surface area (Å²) in [6.07, 6.45) is 0. The molecule has 6 nitrogen and oxygen atoms in total. The fraction of sp³-hybridized carbons (Fsp3) is 0.250. The van der Waals surface area contributed by atoms with Gasteiger partial charge in [0.15, 0.2) is 0 Å². The van der Waals surface area contributed by atoms with Gasteiger partial charge in [0.25, 0.3) is 0 Å². The smallest absolute Gasteiger partial charge is 0.0606 e. The molecule has 2 rings (SSSR count). The molecule has 22 heavy (non-hydrogen) atoms. The second kappa shape index (κ2) is 8.11. The van der Waals surface area contributed by atoms with Crippen LogP contribution in [0.2, 0.25) is 0 Å². The maximum Gasteiger partial charge on any atom is 0.0606 e. The summed E-state index contributed by atoms with van der Waals surface area (Å²) in [5.41, 5.74) is 15.3. The third-order valence-corrected chi connectivity index (χ3v) is 3.23. The Labute approximate surface area is 130 Å². The van der Waals surface area contributed by atoms with Crippen molar-refractivity contribution in [1.29, 1.82) is 0 Å². The van der Waals surface area contributed by atoms with Crippen LogP contribution in [0, 0.1) is 0 Å². The van der Waals surface area contributed by atoms with Crippen LogP contribution in [-0.4, -0.2) is 36.5 Å². The van der Waals surface area contributed by atoms with Crippen molar-refractivity contribution >= 4 is 22.7 Å². The average molecular weight is 302 g/mol. The number of aliphatic hydroxyl groups is 2. The predicted octanol–water partition coefficient (Wildman–Crippen LogP) is 1.50. The van der Waals surface area contributed by atoms with E-state index in [-0.39, 0.29) is 13.2 Å². The molecule has 0 fully saturated rings. The van der Waals surface area contributed by atoms with Crippen LogP contribution in [0.1, 0.15) is 0 Å². The maximum absolute atomic E-state index is 9.05. The summed E-state index contributed by atoms with van der Waals surface area (Å²) in [5.74, 6) is 0. The second-order valence-corrected chi connectivity index (χ2v) is 4.85. The third-order valence-electron chi connectivity index (χ3n) is 3.23. The lowest BCUT2D eigenvalue weighted by molar-refractivity contribution is 0.281. The Morgan fingerprint density at radius 2 is 1.23 bits per heavy atom. The Hall–Kier alpha value is -2.44. The van der Waals surface area contributed by atoms with E-state index in [1.807, 2.05) is 53.4 Å². The summed E-state index contributed by atoms with van der Waals surface area (Å²) < 4.78 is 0. The molecule has 2 aromatic rings. The van der Waals surface area contributed by atoms with E-state index in [2.05, 4.69) is 10.9 Å². The fourth-order valence-corrected chi connectivity index (χ4v) is 2.08. The summed E-state index contributed by atoms with van der Waals surface area (Å²) in [4.78, 5) is 1.93. The highest BCUT2D eigenvalue weighted by Gasteiger charge is 2.04. The standard InChI is InChI=1S/C16H22N4O2/c17-13-1-3-14(4-2-13)18-19-15-5-7-16(8-6-15)20(9-11-21)10-12-22/h1-8,18-19,21-22H,9-12,17H2. The van der Waals surface area contributed by atoms with Crippen molar-refractivity contribution in [2.75, 3.05) is 47.8 Å². The van der Waals surface area contributed by atoms with Crippen LogP contribution in [0.25, 0.3) is 0 Å². The van der Waals surface area contributed by atoms with Crippen molar-refractivity contribution in [1.82, 2.24) is 0 Å². The van der Waals surface area contributed by atoms with Crippen LogP contribution in [0.4, 0.5) is 22.7 Å². The van der Waals surface area contributed by atoms with Crippen LogP contribution in [0.15, 0.2) is 48.5 Å². The van der Waals surface area contributed by atoms with E-state index in [4.69, 9.17) is 15.9 Å². The molecule has 0 aliphatic rings. The molecule has 0 spiro atoms. The Morgan fingerprint density at radius 3 is 1.68 bits per heavy atom. The quantitative estimate of drug-likeness (QED) is 0.375. The summed E-state index contributed by atoms with van der Waals surface area (Å²) in [7, 11) is 0. The van der Waals surface area contributed by atoms with Gasteiger partial charge in [-0.1, -0.05) is 0 Å². The topological polar surface area (TPSA) is 93.8 Å². The van der Waals surface area contributed by atoms with E-state index in [0.717, 1.165) is 22.7 Å². The SMILES string of the molecule is Nc1ccc(NNc2ccc(N(CCO)CCO)cc2)cc1. The van der Waals surface area contributed by atoms with Gasteiger partial charge >= 0.3 is 0 Å². The van der Waals surface area contributed by atoms with E-state index in [0.29, 0.717) is 13.1 Å². The maximum atomic E-state index is 9.05. The lowest BCUT2D eigenvalue weighted by Gasteiger charge is -2.23. The first-order chi connectivity index (χ1) is 10.7. The van der Waals surface area contributed by atoms with Crippen molar-refractivity contribution in [3.8, 4) is 0 Å². The Morgan fingerprint density at radius 1 is 0.773 bits per heavy atom. The minimum absolute atomic E-state index is 0.0543. The lowest BCUT2D eigenvalue weighted by Crippen LogP contribution is -2.29. The van der Waals surface area contributed by atoms with Gasteiger partial charge in [0.2, 0.25) is 0 Å². The number of benzene rings is 2. The average Bonchev–Trinajstić information content (AvgIpc) is 2.55. The Kier molecular flexibility index (Phi) is 5.88. The zero-order valence-electron chi connectivity index (χ0n) is 12.4. The molecule has 0 saturated carbocycles. The normalized spacial score (nSPS) is 10.3. The first-order valence-electron chi connectivity index (χ1n) is 7.17. The van der Waals surface area contributed by atoms with Crippen LogP contribution in [-0.2, 0) is 0 Å². The van der Waals surface area contributed by atoms with Crippen LogP contribution < -0.4 is 21.5 Å². The monoisotopic (exact) mass is 302 g/mol. The van der Waals surface area contributed by atoms with Crippen molar-refractivity contribution in [2.24, 2.45) is 0 Å². The molecule has 118 valence electrons. The molecule has 0 aromatic heterocycles. The van der Waals surface area contributed by atoms with Gasteiger partial charge in [-0.2, -0.15) is 0 Å². The van der Waals surface area contributed by atoms with Gasteiger partial charge in [-0.05, 0) is 48.5 Å². The zero-order chi connectivity index (χ0) is 15.8. The number of anilines is 4. The summed E-state index contributed by atoms with van der Waals surface area (Å²) in [5, 5.41) is 18.1. The first-order valence-corrected chi connectivity index (χ1v) is 7.17. The van der Waals surface area contributed by atoms with Gasteiger partial charge in [-0.25, -0.2) is 0 Å². The summed E-state index contributed by atoms with van der Waals surface area (Å²) in [6, 6.07) is 15.2. The fourth-order valence-electron chi connectivity index (χ4n) is 2.08. The molecule has 0 radical (unpaired) electrons. The number of hydrogen-bond donors (Lipinski definition) is 5. The number of nitrogens with two attached hydrogens (primary N) is 1. The molecule has 0 amide bonds. The van der Waals surface area contributed by atoms with Crippen LogP contribution in [0.3, 0.4) is 0 Å². The second-order valence-electron chi connectivity index (χ2n) is 4.85. The van der Waals surface area contributed by atoms with E-state index in [9.17, 15) is 0 Å². The predicted molar refractivity (Wildman–Crippen MR) is 90.9 cm³/mol. The van der Waals surface area contributed by atoms with Crippen LogP contribution in [0.5, 0.6) is 0 Å². The van der Waals surface area contributed by atoms with E-state index in [1.165, 1.54) is 0 Å². The summed E-state index contributed by atoms with van der Waals surface area (Å²) in [6.45, 7) is 1.10. The highest BCUT2D eigenvalue weighted by atomic mass is 16.3. The van der Waals surface area contributed by atoms with Crippen molar-refractivity contribution in [3.05, 3.63) is 48.5 Å². The number of nitrogens with zero attached hydrogens (tertiary/aromatic N) is 1. The van der Waals surface area contributed by atoms with Gasteiger partial charge < -0.3 is 31.7 Å². The molecule has 6 N–H and O–H groups in total. The van der Waals surface area contributed by atoms with Crippen molar-refractivity contribution < 1.29 is 10.2 Å². The molecule has 0 aliphatic heterocycles. The molecular formula is C16H22N4O2. The molecule has 0 aliphatic carbocycles. The number of hydrogen-bond acceptors (Lipinski definition) is 6. The van der Waals surface area contributed by atoms with Gasteiger partial charge in [-0.15, -0.1) is 0 Å². The number of hydrazine groups is 1. The lowest BCUT2D eigenvalue weighted by atomic mass is 10.2. The largest absolute Gasteiger partial charge is 0.399 e. The minimum atomic E-state index is 0.0543. The van der Waals surface area contributed by atoms with E-state index >= 15 is 0 Å². The zero-order valence-corrected chi connectivity index (χ0v) is 12.4. The van der Waals surface area contributed by atoms with Gasteiger partial charge in [0.05, 0.1) is 24.6 Å². The molecule has 0 atom stereocenters. The van der Waals surface area contributed by atoms with Crippen molar-refractivity contribution in [2.45, 2.75) is 0 Å². The molecular weight excluding hydrogens is 280 g/mol. The third kappa shape index (κ3) is 4.54. The molecule has 2 aromatic carbocycles. The number of nitrogens with one attached hydrogen (secondary N) is 2. The van der Waals surface area contributed by atoms with E-state index in [1.54, 1.807) is 0 Å². The highest BCUT2D eigenvalue weighted by molar-refractivity contribution is 5.59. The molecule has 6 heteroatoms. The molecule has 0 saturated heterocycles. The number of nitrogen functional groups attached to an aromatic ring is 1. The summed E-state index contributed by atoms with van der Waals surface area (Å²) >= 11 is 0.